The van der Waals surface area contributed by atoms with Gasteiger partial charge in [-0.3, -0.25) is 4.79 Å². The van der Waals surface area contributed by atoms with Gasteiger partial charge in [0.05, 0.1) is 17.4 Å². The van der Waals surface area contributed by atoms with Gasteiger partial charge in [-0.2, -0.15) is 0 Å². The van der Waals surface area contributed by atoms with Gasteiger partial charge in [0.2, 0.25) is 5.76 Å². The van der Waals surface area contributed by atoms with Crippen molar-refractivity contribution < 1.29 is 13.8 Å². The Bertz CT molecular complexity index is 667. The Balaban J connectivity index is 1.88. The van der Waals surface area contributed by atoms with Crippen LogP contribution >= 0.6 is 0 Å². The smallest absolute Gasteiger partial charge is 0.292 e. The summed E-state index contributed by atoms with van der Waals surface area (Å²) in [6.45, 7) is 8.56. The number of amides is 1. The van der Waals surface area contributed by atoms with E-state index < -0.39 is 0 Å². The number of carbonyl (C=O) groups excluding carboxylic acids is 1. The maximum absolute atomic E-state index is 12.8. The fourth-order valence-corrected chi connectivity index (χ4v) is 3.08. The zero-order chi connectivity index (χ0) is 15.9. The van der Waals surface area contributed by atoms with Crippen LogP contribution < -0.4 is 0 Å². The number of aryl methyl sites for hydroxylation is 2. The molecule has 1 fully saturated rings. The Hall–Kier alpha value is -2.11. The van der Waals surface area contributed by atoms with Gasteiger partial charge in [0.15, 0.2) is 0 Å². The molecule has 2 aromatic heterocycles. The summed E-state index contributed by atoms with van der Waals surface area (Å²) in [5, 5.41) is 7.98. The van der Waals surface area contributed by atoms with Crippen LogP contribution in [-0.4, -0.2) is 27.7 Å². The quantitative estimate of drug-likeness (QED) is 0.869. The molecule has 118 valence electrons. The van der Waals surface area contributed by atoms with E-state index in [1.54, 1.807) is 6.07 Å². The molecule has 1 amide bonds. The lowest BCUT2D eigenvalue weighted by molar-refractivity contribution is 0.0692. The molecule has 0 spiro atoms. The minimum absolute atomic E-state index is 0.00588. The van der Waals surface area contributed by atoms with Gasteiger partial charge >= 0.3 is 0 Å². The summed E-state index contributed by atoms with van der Waals surface area (Å²) >= 11 is 0. The number of likely N-dealkylation sites (tertiary alicyclic amines) is 1. The lowest BCUT2D eigenvalue weighted by Crippen LogP contribution is -2.30. The van der Waals surface area contributed by atoms with Crippen molar-refractivity contribution in [1.29, 1.82) is 0 Å². The Labute approximate surface area is 129 Å². The third-order valence-corrected chi connectivity index (χ3v) is 4.27. The van der Waals surface area contributed by atoms with E-state index in [0.29, 0.717) is 12.3 Å². The molecule has 3 heterocycles. The largest absolute Gasteiger partial charge is 0.361 e. The molecule has 1 atom stereocenters. The van der Waals surface area contributed by atoms with E-state index in [4.69, 9.17) is 9.05 Å². The van der Waals surface area contributed by atoms with Crippen molar-refractivity contribution in [2.75, 3.05) is 6.54 Å². The lowest BCUT2D eigenvalue weighted by Gasteiger charge is -2.23. The molecule has 6 nitrogen and oxygen atoms in total. The number of carbonyl (C=O) groups is 1. The topological polar surface area (TPSA) is 72.4 Å². The van der Waals surface area contributed by atoms with Crippen molar-refractivity contribution >= 4 is 5.91 Å². The highest BCUT2D eigenvalue weighted by Gasteiger charge is 2.35. The zero-order valence-electron chi connectivity index (χ0n) is 13.4. The van der Waals surface area contributed by atoms with Crippen LogP contribution in [0.25, 0.3) is 0 Å². The van der Waals surface area contributed by atoms with Gasteiger partial charge in [-0.05, 0) is 32.6 Å². The molecule has 0 aliphatic carbocycles. The Morgan fingerprint density at radius 2 is 2.09 bits per heavy atom. The van der Waals surface area contributed by atoms with Crippen molar-refractivity contribution in [3.8, 4) is 0 Å². The van der Waals surface area contributed by atoms with Gasteiger partial charge in [0.25, 0.3) is 5.91 Å². The van der Waals surface area contributed by atoms with Crippen LogP contribution in [0.15, 0.2) is 15.1 Å². The van der Waals surface area contributed by atoms with Crippen LogP contribution in [-0.2, 0) is 0 Å². The molecule has 6 heteroatoms. The minimum Gasteiger partial charge on any atom is -0.361 e. The molecule has 1 saturated heterocycles. The molecule has 0 bridgehead atoms. The summed E-state index contributed by atoms with van der Waals surface area (Å²) in [6.07, 6.45) is 1.88. The monoisotopic (exact) mass is 303 g/mol. The molecule has 0 N–H and O–H groups in total. The normalized spacial score (nSPS) is 18.4. The van der Waals surface area contributed by atoms with Gasteiger partial charge in [-0.1, -0.05) is 24.2 Å². The second-order valence-corrected chi connectivity index (χ2v) is 6.17. The first kappa shape index (κ1) is 14.8. The van der Waals surface area contributed by atoms with Gasteiger partial charge in [0, 0.05) is 18.2 Å². The van der Waals surface area contributed by atoms with Crippen molar-refractivity contribution in [3.63, 3.8) is 0 Å². The summed E-state index contributed by atoms with van der Waals surface area (Å²) in [6, 6.07) is 1.75. The average Bonchev–Trinajstić information content (AvgIpc) is 3.18. The number of nitrogens with zero attached hydrogens (tertiary/aromatic N) is 3. The molecule has 1 aliphatic heterocycles. The molecule has 0 saturated carbocycles. The minimum atomic E-state index is -0.109. The number of hydrogen-bond acceptors (Lipinski definition) is 5. The molecule has 0 aromatic carbocycles. The Morgan fingerprint density at radius 3 is 2.68 bits per heavy atom. The average molecular weight is 303 g/mol. The highest BCUT2D eigenvalue weighted by molar-refractivity contribution is 5.92. The number of hydrogen-bond donors (Lipinski definition) is 0. The molecule has 0 radical (unpaired) electrons. The molecule has 2 aromatic rings. The van der Waals surface area contributed by atoms with Crippen LogP contribution in [0.1, 0.15) is 71.9 Å². The second kappa shape index (κ2) is 5.59. The van der Waals surface area contributed by atoms with E-state index in [9.17, 15) is 4.79 Å². The predicted octanol–water partition coefficient (Wildman–Crippen LogP) is 3.38. The van der Waals surface area contributed by atoms with E-state index in [2.05, 4.69) is 10.3 Å². The van der Waals surface area contributed by atoms with Gasteiger partial charge in [-0.25, -0.2) is 0 Å². The van der Waals surface area contributed by atoms with Gasteiger partial charge < -0.3 is 13.9 Å². The summed E-state index contributed by atoms with van der Waals surface area (Å²) < 4.78 is 10.5. The number of aromatic nitrogens is 2. The highest BCUT2D eigenvalue weighted by Crippen LogP contribution is 2.36. The maximum Gasteiger partial charge on any atom is 0.292 e. The molecule has 3 rings (SSSR count). The summed E-state index contributed by atoms with van der Waals surface area (Å²) in [7, 11) is 0. The predicted molar refractivity (Wildman–Crippen MR) is 79.6 cm³/mol. The SMILES string of the molecule is Cc1noc(C)c1[C@@H]1CCCN1C(=O)c1cc(C(C)C)no1. The van der Waals surface area contributed by atoms with E-state index in [0.717, 1.165) is 35.6 Å². The van der Waals surface area contributed by atoms with Gasteiger partial charge in [0.1, 0.15) is 5.76 Å². The van der Waals surface area contributed by atoms with Crippen molar-refractivity contribution in [1.82, 2.24) is 15.2 Å². The van der Waals surface area contributed by atoms with E-state index in [-0.39, 0.29) is 17.9 Å². The fourth-order valence-electron chi connectivity index (χ4n) is 3.08. The maximum atomic E-state index is 12.8. The van der Waals surface area contributed by atoms with Crippen molar-refractivity contribution in [3.05, 3.63) is 34.5 Å². The highest BCUT2D eigenvalue weighted by atomic mass is 16.5. The standard InChI is InChI=1S/C16H21N3O3/c1-9(2)12-8-14(22-18-12)16(20)19-7-5-6-13(19)15-10(3)17-21-11(15)4/h8-9,13H,5-7H2,1-4H3/t13-/m0/s1. The summed E-state index contributed by atoms with van der Waals surface area (Å²) in [4.78, 5) is 14.6. The fraction of sp³-hybridized carbons (Fsp3) is 0.562. The van der Waals surface area contributed by atoms with Crippen LogP contribution in [0, 0.1) is 13.8 Å². The van der Waals surface area contributed by atoms with Crippen molar-refractivity contribution in [2.45, 2.75) is 52.5 Å². The first-order chi connectivity index (χ1) is 10.5. The molecule has 1 aliphatic rings. The van der Waals surface area contributed by atoms with E-state index >= 15 is 0 Å². The third kappa shape index (κ3) is 2.42. The second-order valence-electron chi connectivity index (χ2n) is 6.17. The van der Waals surface area contributed by atoms with Crippen LogP contribution in [0.2, 0.25) is 0 Å². The van der Waals surface area contributed by atoms with Crippen molar-refractivity contribution in [2.24, 2.45) is 0 Å². The van der Waals surface area contributed by atoms with E-state index in [1.807, 2.05) is 32.6 Å². The van der Waals surface area contributed by atoms with E-state index in [1.165, 1.54) is 0 Å². The summed E-state index contributed by atoms with van der Waals surface area (Å²) in [5.41, 5.74) is 2.67. The number of rotatable bonds is 3. The zero-order valence-corrected chi connectivity index (χ0v) is 13.4. The molecular formula is C16H21N3O3. The van der Waals surface area contributed by atoms with Crippen LogP contribution in [0.4, 0.5) is 0 Å². The first-order valence-corrected chi connectivity index (χ1v) is 7.69. The van der Waals surface area contributed by atoms with Crippen LogP contribution in [0.3, 0.4) is 0 Å². The van der Waals surface area contributed by atoms with Crippen LogP contribution in [0.5, 0.6) is 0 Å². The Kier molecular flexibility index (Phi) is 3.76. The van der Waals surface area contributed by atoms with Gasteiger partial charge in [-0.15, -0.1) is 0 Å². The first-order valence-electron chi connectivity index (χ1n) is 7.69. The third-order valence-electron chi connectivity index (χ3n) is 4.27. The molecule has 0 unspecified atom stereocenters. The summed E-state index contributed by atoms with van der Waals surface area (Å²) in [5.74, 6) is 1.22. The molecule has 22 heavy (non-hydrogen) atoms. The lowest BCUT2D eigenvalue weighted by atomic mass is 10.0. The Morgan fingerprint density at radius 1 is 1.32 bits per heavy atom. The molecular weight excluding hydrogens is 282 g/mol.